The van der Waals surface area contributed by atoms with Crippen molar-refractivity contribution >= 4 is 27.4 Å². The van der Waals surface area contributed by atoms with Crippen LogP contribution in [-0.2, 0) is 16.4 Å². The molecule has 0 unspecified atom stereocenters. The quantitative estimate of drug-likeness (QED) is 0.870. The lowest BCUT2D eigenvalue weighted by atomic mass is 10.2. The van der Waals surface area contributed by atoms with E-state index in [2.05, 4.69) is 4.98 Å². The first-order valence-corrected chi connectivity index (χ1v) is 6.88. The smallest absolute Gasteiger partial charge is 0.267 e. The van der Waals surface area contributed by atoms with E-state index in [-0.39, 0.29) is 11.0 Å². The van der Waals surface area contributed by atoms with Crippen molar-refractivity contribution in [1.82, 2.24) is 4.98 Å². The molecule has 0 amide bonds. The molecule has 1 N–H and O–H groups in total. The van der Waals surface area contributed by atoms with E-state index in [1.165, 1.54) is 12.1 Å². The number of alkyl halides is 3. The number of anilines is 1. The molecule has 1 aromatic heterocycles. The molecule has 0 spiro atoms. The lowest BCUT2D eigenvalue weighted by molar-refractivity contribution is -0.106. The second kappa shape index (κ2) is 5.31. The fraction of sp³-hybridized carbons (Fsp3) is 0.444. The Morgan fingerprint density at radius 3 is 2.44 bits per heavy atom. The van der Waals surface area contributed by atoms with Gasteiger partial charge in [0, 0.05) is 0 Å². The Balaban J connectivity index is 2.88. The zero-order valence-corrected chi connectivity index (χ0v) is 10.8. The van der Waals surface area contributed by atoms with Crippen LogP contribution in [0.4, 0.5) is 19.0 Å². The van der Waals surface area contributed by atoms with Gasteiger partial charge in [-0.25, -0.2) is 13.4 Å². The molecule has 1 heterocycles. The van der Waals surface area contributed by atoms with Gasteiger partial charge in [0.05, 0.1) is 0 Å². The second-order valence-corrected chi connectivity index (χ2v) is 5.56. The lowest BCUT2D eigenvalue weighted by Gasteiger charge is -2.10. The van der Waals surface area contributed by atoms with Crippen LogP contribution in [0.15, 0.2) is 12.1 Å². The molecule has 0 aromatic carbocycles. The van der Waals surface area contributed by atoms with Crippen LogP contribution in [-0.4, -0.2) is 25.3 Å². The average Bonchev–Trinajstić information content (AvgIpc) is 2.12. The number of nitrogens with one attached hydrogen (secondary N) is 1. The summed E-state index contributed by atoms with van der Waals surface area (Å²) in [6.45, 7) is 1.82. The number of nitrogens with zero attached hydrogens (tertiary/aromatic N) is 1. The monoisotopic (exact) mass is 302 g/mol. The zero-order chi connectivity index (χ0) is 14.0. The van der Waals surface area contributed by atoms with Gasteiger partial charge in [0.25, 0.3) is 0 Å². The van der Waals surface area contributed by atoms with Crippen LogP contribution in [0.25, 0.3) is 0 Å². The van der Waals surface area contributed by atoms with Crippen molar-refractivity contribution in [3.63, 3.8) is 0 Å². The maximum absolute atomic E-state index is 12.0. The third-order valence-electron chi connectivity index (χ3n) is 1.92. The standard InChI is InChI=1S/C9H10ClF3N2O2S/c1-2-6-3-4-7(14-8(6)10)15-18(16,17)5-9(11,12)13/h3-4H,2,5H2,1H3,(H,14,15). The summed E-state index contributed by atoms with van der Waals surface area (Å²) in [6, 6.07) is 2.76. The number of rotatable bonds is 4. The first-order valence-electron chi connectivity index (χ1n) is 4.85. The number of hydrogen-bond acceptors (Lipinski definition) is 3. The van der Waals surface area contributed by atoms with Gasteiger partial charge in [-0.1, -0.05) is 24.6 Å². The van der Waals surface area contributed by atoms with Crippen LogP contribution in [0.1, 0.15) is 12.5 Å². The van der Waals surface area contributed by atoms with E-state index in [1.54, 1.807) is 4.72 Å². The van der Waals surface area contributed by atoms with Crippen molar-refractivity contribution in [2.24, 2.45) is 0 Å². The molecule has 102 valence electrons. The van der Waals surface area contributed by atoms with Crippen molar-refractivity contribution in [3.05, 3.63) is 22.8 Å². The summed E-state index contributed by atoms with van der Waals surface area (Å²) in [4.78, 5) is 3.67. The van der Waals surface area contributed by atoms with E-state index in [0.717, 1.165) is 0 Å². The third kappa shape index (κ3) is 4.69. The Kier molecular flexibility index (Phi) is 4.44. The Hall–Kier alpha value is -1.02. The molecular formula is C9H10ClF3N2O2S. The minimum absolute atomic E-state index is 0.0599. The number of aryl methyl sites for hydroxylation is 1. The lowest BCUT2D eigenvalue weighted by Crippen LogP contribution is -2.28. The predicted octanol–water partition coefficient (Wildman–Crippen LogP) is 2.60. The van der Waals surface area contributed by atoms with Crippen LogP contribution < -0.4 is 4.72 Å². The van der Waals surface area contributed by atoms with Crippen LogP contribution in [0.2, 0.25) is 5.15 Å². The highest BCUT2D eigenvalue weighted by Crippen LogP contribution is 2.21. The summed E-state index contributed by atoms with van der Waals surface area (Å²) in [6.07, 6.45) is -4.22. The highest BCUT2D eigenvalue weighted by atomic mass is 35.5. The Labute approximate surface area is 107 Å². The first kappa shape index (κ1) is 15.0. The van der Waals surface area contributed by atoms with E-state index >= 15 is 0 Å². The third-order valence-corrected chi connectivity index (χ3v) is 3.48. The van der Waals surface area contributed by atoms with E-state index in [1.807, 2.05) is 6.92 Å². The summed E-state index contributed by atoms with van der Waals surface area (Å²) in [5.41, 5.74) is 0.676. The van der Waals surface area contributed by atoms with Crippen molar-refractivity contribution in [3.8, 4) is 0 Å². The van der Waals surface area contributed by atoms with Gasteiger partial charge in [-0.3, -0.25) is 4.72 Å². The van der Waals surface area contributed by atoms with E-state index in [0.29, 0.717) is 12.0 Å². The molecule has 0 aliphatic rings. The predicted molar refractivity (Wildman–Crippen MR) is 62.1 cm³/mol. The van der Waals surface area contributed by atoms with Gasteiger partial charge in [0.2, 0.25) is 10.0 Å². The molecule has 0 aliphatic heterocycles. The maximum Gasteiger partial charge on any atom is 0.404 e. The molecule has 0 bridgehead atoms. The van der Waals surface area contributed by atoms with Gasteiger partial charge in [-0.15, -0.1) is 0 Å². The molecule has 1 rings (SSSR count). The molecule has 0 aliphatic carbocycles. The minimum Gasteiger partial charge on any atom is -0.267 e. The highest BCUT2D eigenvalue weighted by Gasteiger charge is 2.35. The van der Waals surface area contributed by atoms with Gasteiger partial charge in [0.15, 0.2) is 5.75 Å². The number of halogens is 4. The van der Waals surface area contributed by atoms with Crippen LogP contribution in [0, 0.1) is 0 Å². The molecular weight excluding hydrogens is 293 g/mol. The summed E-state index contributed by atoms with van der Waals surface area (Å²) in [5.74, 6) is -2.20. The van der Waals surface area contributed by atoms with Gasteiger partial charge in [-0.05, 0) is 18.1 Å². The molecule has 0 saturated heterocycles. The molecule has 9 heteroatoms. The molecule has 18 heavy (non-hydrogen) atoms. The normalized spacial score (nSPS) is 12.5. The molecule has 4 nitrogen and oxygen atoms in total. The maximum atomic E-state index is 12.0. The summed E-state index contributed by atoms with van der Waals surface area (Å²) < 4.78 is 60.0. The Morgan fingerprint density at radius 1 is 1.39 bits per heavy atom. The summed E-state index contributed by atoms with van der Waals surface area (Å²) in [5, 5.41) is 0.0599. The number of pyridine rings is 1. The molecule has 0 saturated carbocycles. The first-order chi connectivity index (χ1) is 8.13. The zero-order valence-electron chi connectivity index (χ0n) is 9.25. The van der Waals surface area contributed by atoms with Crippen molar-refractivity contribution < 1.29 is 21.6 Å². The molecule has 0 fully saturated rings. The van der Waals surface area contributed by atoms with Crippen molar-refractivity contribution in [2.75, 3.05) is 10.5 Å². The van der Waals surface area contributed by atoms with Gasteiger partial charge in [0.1, 0.15) is 11.0 Å². The molecule has 1 aromatic rings. The number of aromatic nitrogens is 1. The average molecular weight is 303 g/mol. The second-order valence-electron chi connectivity index (χ2n) is 3.48. The topological polar surface area (TPSA) is 59.1 Å². The fourth-order valence-electron chi connectivity index (χ4n) is 1.19. The molecule has 0 radical (unpaired) electrons. The van der Waals surface area contributed by atoms with Crippen LogP contribution in [0.3, 0.4) is 0 Å². The highest BCUT2D eigenvalue weighted by molar-refractivity contribution is 7.92. The van der Waals surface area contributed by atoms with E-state index < -0.39 is 22.0 Å². The van der Waals surface area contributed by atoms with Crippen molar-refractivity contribution in [2.45, 2.75) is 19.5 Å². The van der Waals surface area contributed by atoms with Crippen molar-refractivity contribution in [1.29, 1.82) is 0 Å². The van der Waals surface area contributed by atoms with Gasteiger partial charge < -0.3 is 0 Å². The van der Waals surface area contributed by atoms with E-state index in [4.69, 9.17) is 11.6 Å². The minimum atomic E-state index is -4.81. The number of hydrogen-bond donors (Lipinski definition) is 1. The fourth-order valence-corrected chi connectivity index (χ4v) is 2.42. The summed E-state index contributed by atoms with van der Waals surface area (Å²) >= 11 is 5.72. The SMILES string of the molecule is CCc1ccc(NS(=O)(=O)CC(F)(F)F)nc1Cl. The number of sulfonamides is 1. The van der Waals surface area contributed by atoms with Gasteiger partial charge in [-0.2, -0.15) is 13.2 Å². The Bertz CT molecular complexity index is 531. The largest absolute Gasteiger partial charge is 0.404 e. The van der Waals surface area contributed by atoms with Crippen LogP contribution in [0.5, 0.6) is 0 Å². The Morgan fingerprint density at radius 2 is 2.00 bits per heavy atom. The van der Waals surface area contributed by atoms with Crippen LogP contribution >= 0.6 is 11.6 Å². The van der Waals surface area contributed by atoms with Gasteiger partial charge >= 0.3 is 6.18 Å². The van der Waals surface area contributed by atoms with E-state index in [9.17, 15) is 21.6 Å². The molecule has 0 atom stereocenters. The summed E-state index contributed by atoms with van der Waals surface area (Å²) in [7, 11) is -4.52.